The third-order valence-corrected chi connectivity index (χ3v) is 2.91. The number of hydrogen-bond donors (Lipinski definition) is 1. The summed E-state index contributed by atoms with van der Waals surface area (Å²) in [6, 6.07) is 0. The third-order valence-electron chi connectivity index (χ3n) is 1.62. The molecule has 14 heavy (non-hydrogen) atoms. The lowest BCUT2D eigenvalue weighted by Crippen LogP contribution is -2.16. The summed E-state index contributed by atoms with van der Waals surface area (Å²) in [4.78, 5) is 0. The molecule has 1 rings (SSSR count). The summed E-state index contributed by atoms with van der Waals surface area (Å²) in [5.41, 5.74) is 2.98. The van der Waals surface area contributed by atoms with Crippen molar-refractivity contribution in [2.75, 3.05) is 11.2 Å². The van der Waals surface area contributed by atoms with Gasteiger partial charge in [-0.25, -0.2) is 4.68 Å². The second-order valence-corrected chi connectivity index (χ2v) is 4.60. The fraction of sp³-hybridized carbons (Fsp3) is 0.625. The van der Waals surface area contributed by atoms with Crippen LogP contribution in [0.1, 0.15) is 26.2 Å². The molecule has 1 aromatic rings. The maximum Gasteiger partial charge on any atom is 0.152 e. The van der Waals surface area contributed by atoms with Crippen LogP contribution in [-0.4, -0.2) is 24.9 Å². The average Bonchev–Trinajstić information content (AvgIpc) is 2.65. The smallest absolute Gasteiger partial charge is 0.152 e. The largest absolute Gasteiger partial charge is 0.276 e. The van der Waals surface area contributed by atoms with Crippen molar-refractivity contribution in [1.29, 1.82) is 0 Å². The summed E-state index contributed by atoms with van der Waals surface area (Å²) in [6.45, 7) is 2.19. The van der Waals surface area contributed by atoms with E-state index in [1.807, 2.05) is 0 Å². The van der Waals surface area contributed by atoms with E-state index >= 15 is 0 Å². The topological polar surface area (TPSA) is 42.7 Å². The van der Waals surface area contributed by atoms with Crippen molar-refractivity contribution in [3.05, 3.63) is 12.7 Å². The van der Waals surface area contributed by atoms with Crippen LogP contribution in [0.2, 0.25) is 0 Å². The first-order valence-electron chi connectivity index (χ1n) is 4.61. The zero-order valence-electron chi connectivity index (χ0n) is 8.14. The van der Waals surface area contributed by atoms with Crippen LogP contribution in [0.3, 0.4) is 0 Å². The molecule has 0 aliphatic carbocycles. The molecule has 1 heterocycles. The van der Waals surface area contributed by atoms with Gasteiger partial charge in [-0.2, -0.15) is 0 Å². The summed E-state index contributed by atoms with van der Waals surface area (Å²) >= 11 is 6.79. The molecule has 1 aromatic heterocycles. The van der Waals surface area contributed by atoms with Crippen LogP contribution in [0.25, 0.3) is 0 Å². The quantitative estimate of drug-likeness (QED) is 0.619. The first-order chi connectivity index (χ1) is 6.83. The molecule has 0 bridgehead atoms. The Balaban J connectivity index is 2.11. The SMILES string of the molecule is CCCCCSC(=S)Nn1cnnc1. The second-order valence-electron chi connectivity index (χ2n) is 2.82. The predicted molar refractivity (Wildman–Crippen MR) is 64.0 cm³/mol. The Morgan fingerprint density at radius 2 is 2.14 bits per heavy atom. The van der Waals surface area contributed by atoms with Crippen LogP contribution in [0.5, 0.6) is 0 Å². The van der Waals surface area contributed by atoms with Gasteiger partial charge in [-0.15, -0.1) is 10.2 Å². The molecule has 0 fully saturated rings. The maximum absolute atomic E-state index is 5.13. The molecule has 0 aromatic carbocycles. The van der Waals surface area contributed by atoms with Crippen molar-refractivity contribution >= 4 is 28.3 Å². The molecule has 78 valence electrons. The van der Waals surface area contributed by atoms with E-state index in [1.165, 1.54) is 19.3 Å². The fourth-order valence-corrected chi connectivity index (χ4v) is 1.97. The van der Waals surface area contributed by atoms with Gasteiger partial charge in [-0.1, -0.05) is 43.7 Å². The highest BCUT2D eigenvalue weighted by molar-refractivity contribution is 8.23. The van der Waals surface area contributed by atoms with Gasteiger partial charge in [-0.05, 0) is 6.42 Å². The normalized spacial score (nSPS) is 10.1. The Morgan fingerprint density at radius 3 is 2.79 bits per heavy atom. The van der Waals surface area contributed by atoms with Crippen molar-refractivity contribution < 1.29 is 0 Å². The van der Waals surface area contributed by atoms with Gasteiger partial charge in [0.15, 0.2) is 4.32 Å². The molecular formula is C8H14N4S2. The van der Waals surface area contributed by atoms with Crippen LogP contribution in [0, 0.1) is 0 Å². The van der Waals surface area contributed by atoms with E-state index in [0.29, 0.717) is 0 Å². The lowest BCUT2D eigenvalue weighted by atomic mass is 10.3. The zero-order valence-corrected chi connectivity index (χ0v) is 9.77. The molecule has 0 radical (unpaired) electrons. The Labute approximate surface area is 93.4 Å². The molecule has 1 N–H and O–H groups in total. The fourth-order valence-electron chi connectivity index (χ4n) is 0.913. The number of thiocarbonyl (C=S) groups is 1. The number of hydrogen-bond acceptors (Lipinski definition) is 4. The van der Waals surface area contributed by atoms with Crippen molar-refractivity contribution in [2.24, 2.45) is 0 Å². The lowest BCUT2D eigenvalue weighted by molar-refractivity contribution is 0.779. The summed E-state index contributed by atoms with van der Waals surface area (Å²) in [6.07, 6.45) is 6.89. The van der Waals surface area contributed by atoms with E-state index < -0.39 is 0 Å². The molecular weight excluding hydrogens is 216 g/mol. The minimum atomic E-state index is 0.765. The van der Waals surface area contributed by atoms with E-state index in [1.54, 1.807) is 29.1 Å². The monoisotopic (exact) mass is 230 g/mol. The first kappa shape index (κ1) is 11.5. The van der Waals surface area contributed by atoms with Crippen molar-refractivity contribution in [3.8, 4) is 0 Å². The van der Waals surface area contributed by atoms with Crippen LogP contribution >= 0.6 is 24.0 Å². The average molecular weight is 230 g/mol. The summed E-state index contributed by atoms with van der Waals surface area (Å²) in [7, 11) is 0. The van der Waals surface area contributed by atoms with Gasteiger partial charge in [0, 0.05) is 5.75 Å². The molecule has 0 unspecified atom stereocenters. The molecule has 0 aliphatic heterocycles. The van der Waals surface area contributed by atoms with Gasteiger partial charge in [0.1, 0.15) is 12.7 Å². The highest BCUT2D eigenvalue weighted by Gasteiger charge is 1.97. The molecule has 0 saturated heterocycles. The van der Waals surface area contributed by atoms with Gasteiger partial charge >= 0.3 is 0 Å². The molecule has 0 spiro atoms. The van der Waals surface area contributed by atoms with Gasteiger partial charge in [0.2, 0.25) is 0 Å². The van der Waals surface area contributed by atoms with E-state index in [4.69, 9.17) is 12.2 Å². The Kier molecular flexibility index (Phi) is 5.55. The Hall–Kier alpha value is -0.620. The maximum atomic E-state index is 5.13. The zero-order chi connectivity index (χ0) is 10.2. The van der Waals surface area contributed by atoms with Crippen LogP contribution in [0.15, 0.2) is 12.7 Å². The number of thioether (sulfide) groups is 1. The van der Waals surface area contributed by atoms with Gasteiger partial charge in [0.05, 0.1) is 0 Å². The van der Waals surface area contributed by atoms with E-state index in [9.17, 15) is 0 Å². The second kappa shape index (κ2) is 6.78. The molecule has 0 atom stereocenters. The van der Waals surface area contributed by atoms with Crippen molar-refractivity contribution in [3.63, 3.8) is 0 Å². The number of aromatic nitrogens is 3. The van der Waals surface area contributed by atoms with Gasteiger partial charge in [0.25, 0.3) is 0 Å². The first-order valence-corrected chi connectivity index (χ1v) is 6.00. The molecule has 4 nitrogen and oxygen atoms in total. The van der Waals surface area contributed by atoms with Crippen molar-refractivity contribution in [1.82, 2.24) is 14.9 Å². The third kappa shape index (κ3) is 4.57. The van der Waals surface area contributed by atoms with E-state index in [0.717, 1.165) is 10.1 Å². The Morgan fingerprint density at radius 1 is 1.43 bits per heavy atom. The van der Waals surface area contributed by atoms with Crippen LogP contribution < -0.4 is 5.43 Å². The molecule has 0 aliphatic rings. The van der Waals surface area contributed by atoms with E-state index in [2.05, 4.69) is 22.5 Å². The van der Waals surface area contributed by atoms with Crippen LogP contribution in [0.4, 0.5) is 0 Å². The Bertz CT molecular complexity index is 260. The van der Waals surface area contributed by atoms with E-state index in [-0.39, 0.29) is 0 Å². The number of unbranched alkanes of at least 4 members (excludes halogenated alkanes) is 2. The summed E-state index contributed by atoms with van der Waals surface area (Å²) in [5, 5.41) is 7.33. The lowest BCUT2D eigenvalue weighted by Gasteiger charge is -2.05. The van der Waals surface area contributed by atoms with Crippen molar-refractivity contribution in [2.45, 2.75) is 26.2 Å². The predicted octanol–water partition coefficient (Wildman–Crippen LogP) is 2.03. The standard InChI is InChI=1S/C8H14N4S2/c1-2-3-4-5-14-8(13)11-12-6-9-10-7-12/h6-7H,2-5H2,1H3,(H,11,13). The van der Waals surface area contributed by atoms with Gasteiger partial charge in [-0.3, -0.25) is 5.43 Å². The summed E-state index contributed by atoms with van der Waals surface area (Å²) < 4.78 is 2.41. The van der Waals surface area contributed by atoms with Crippen LogP contribution in [-0.2, 0) is 0 Å². The number of nitrogens with one attached hydrogen (secondary N) is 1. The minimum Gasteiger partial charge on any atom is -0.276 e. The minimum absolute atomic E-state index is 0.765. The highest BCUT2D eigenvalue weighted by Crippen LogP contribution is 2.07. The highest BCUT2D eigenvalue weighted by atomic mass is 32.2. The summed E-state index contributed by atoms with van der Waals surface area (Å²) in [5.74, 6) is 1.07. The molecule has 6 heteroatoms. The number of rotatable bonds is 5. The number of nitrogens with zero attached hydrogens (tertiary/aromatic N) is 3. The van der Waals surface area contributed by atoms with Gasteiger partial charge < -0.3 is 0 Å². The molecule has 0 saturated carbocycles. The molecule has 0 amide bonds.